The second-order valence-corrected chi connectivity index (χ2v) is 8.17. The predicted molar refractivity (Wildman–Crippen MR) is 131 cm³/mol. The summed E-state index contributed by atoms with van der Waals surface area (Å²) in [4.78, 5) is 39.4. The first kappa shape index (κ1) is 24.5. The third-order valence-corrected chi connectivity index (χ3v) is 5.89. The largest absolute Gasteiger partial charge is 0.508 e. The van der Waals surface area contributed by atoms with Crippen LogP contribution in [0.4, 0.5) is 0 Å². The molecule has 1 fully saturated rings. The van der Waals surface area contributed by atoms with E-state index in [1.54, 1.807) is 60.7 Å². The number of esters is 1. The molecule has 2 N–H and O–H groups in total. The Balaban J connectivity index is 1.77. The van der Waals surface area contributed by atoms with Gasteiger partial charge in [-0.25, -0.2) is 4.79 Å². The topological polar surface area (TPSA) is 113 Å². The molecule has 0 bridgehead atoms. The molecule has 1 aliphatic rings. The number of methoxy groups -OCH3 is 1. The van der Waals surface area contributed by atoms with E-state index in [0.29, 0.717) is 34.6 Å². The van der Waals surface area contributed by atoms with Crippen molar-refractivity contribution in [3.8, 4) is 11.5 Å². The minimum atomic E-state index is -0.941. The van der Waals surface area contributed by atoms with Crippen molar-refractivity contribution >= 4 is 23.4 Å². The standard InChI is InChI=1S/C28H25NO7/c1-3-36-22-13-11-18(12-14-22)25(31)23-24(20-5-4-6-21(30)15-20)29(27(33)26(23)32)16-17-7-9-19(10-8-17)28(34)35-2/h4-15,24,30-31H,3,16H2,1-2H3/b25-23+. The fourth-order valence-corrected chi connectivity index (χ4v) is 4.18. The second kappa shape index (κ2) is 10.4. The van der Waals surface area contributed by atoms with Crippen LogP contribution in [0.25, 0.3) is 5.76 Å². The summed E-state index contributed by atoms with van der Waals surface area (Å²) in [6, 6.07) is 18.3. The Labute approximate surface area is 208 Å². The molecule has 3 aromatic carbocycles. The van der Waals surface area contributed by atoms with Crippen molar-refractivity contribution in [1.82, 2.24) is 4.90 Å². The first-order valence-corrected chi connectivity index (χ1v) is 11.3. The van der Waals surface area contributed by atoms with Crippen LogP contribution in [0.1, 0.15) is 40.0 Å². The molecular weight excluding hydrogens is 462 g/mol. The highest BCUT2D eigenvalue weighted by Crippen LogP contribution is 2.41. The van der Waals surface area contributed by atoms with Crippen molar-refractivity contribution < 1.29 is 34.1 Å². The molecule has 1 atom stereocenters. The number of aromatic hydroxyl groups is 1. The molecule has 0 aliphatic carbocycles. The third kappa shape index (κ3) is 4.79. The van der Waals surface area contributed by atoms with Gasteiger partial charge >= 0.3 is 5.97 Å². The number of phenolic OH excluding ortho intramolecular Hbond substituents is 1. The lowest BCUT2D eigenvalue weighted by Gasteiger charge is -2.25. The number of hydrogen-bond donors (Lipinski definition) is 2. The van der Waals surface area contributed by atoms with E-state index in [1.807, 2.05) is 6.92 Å². The Hall–Kier alpha value is -4.59. The van der Waals surface area contributed by atoms with E-state index >= 15 is 0 Å². The molecule has 4 rings (SSSR count). The van der Waals surface area contributed by atoms with E-state index in [2.05, 4.69) is 0 Å². The summed E-state index contributed by atoms with van der Waals surface area (Å²) in [6.45, 7) is 2.37. The highest BCUT2D eigenvalue weighted by molar-refractivity contribution is 6.46. The van der Waals surface area contributed by atoms with Crippen molar-refractivity contribution in [1.29, 1.82) is 0 Å². The van der Waals surface area contributed by atoms with Gasteiger partial charge in [0.05, 0.1) is 30.9 Å². The van der Waals surface area contributed by atoms with Crippen LogP contribution >= 0.6 is 0 Å². The monoisotopic (exact) mass is 487 g/mol. The van der Waals surface area contributed by atoms with Gasteiger partial charge in [-0.3, -0.25) is 9.59 Å². The average Bonchev–Trinajstić information content (AvgIpc) is 3.14. The number of aliphatic hydroxyl groups is 1. The quantitative estimate of drug-likeness (QED) is 0.222. The molecule has 1 saturated heterocycles. The van der Waals surface area contributed by atoms with Crippen molar-refractivity contribution in [3.63, 3.8) is 0 Å². The number of Topliss-reactive ketones (excluding diaryl/α,β-unsaturated/α-hetero) is 1. The SMILES string of the molecule is CCOc1ccc(/C(O)=C2\C(=O)C(=O)N(Cc3ccc(C(=O)OC)cc3)C2c2cccc(O)c2)cc1. The molecule has 36 heavy (non-hydrogen) atoms. The summed E-state index contributed by atoms with van der Waals surface area (Å²) in [5, 5.41) is 21.2. The minimum Gasteiger partial charge on any atom is -0.508 e. The first-order chi connectivity index (χ1) is 17.3. The van der Waals surface area contributed by atoms with Gasteiger partial charge in [-0.2, -0.15) is 0 Å². The van der Waals surface area contributed by atoms with E-state index in [-0.39, 0.29) is 23.6 Å². The van der Waals surface area contributed by atoms with E-state index in [0.717, 1.165) is 0 Å². The number of nitrogens with zero attached hydrogens (tertiary/aromatic N) is 1. The smallest absolute Gasteiger partial charge is 0.337 e. The van der Waals surface area contributed by atoms with Crippen LogP contribution in [0.5, 0.6) is 11.5 Å². The number of benzene rings is 3. The fourth-order valence-electron chi connectivity index (χ4n) is 4.18. The van der Waals surface area contributed by atoms with Gasteiger partial charge < -0.3 is 24.6 Å². The van der Waals surface area contributed by atoms with Crippen molar-refractivity contribution in [2.24, 2.45) is 0 Å². The number of ketones is 1. The number of aliphatic hydroxyl groups excluding tert-OH is 1. The van der Waals surface area contributed by atoms with Crippen LogP contribution in [0, 0.1) is 0 Å². The molecule has 1 amide bonds. The Kier molecular flexibility index (Phi) is 7.05. The summed E-state index contributed by atoms with van der Waals surface area (Å²) >= 11 is 0. The Morgan fingerprint density at radius 3 is 2.25 bits per heavy atom. The third-order valence-electron chi connectivity index (χ3n) is 5.89. The summed E-state index contributed by atoms with van der Waals surface area (Å²) in [6.07, 6.45) is 0. The maximum absolute atomic E-state index is 13.2. The zero-order valence-corrected chi connectivity index (χ0v) is 19.8. The van der Waals surface area contributed by atoms with Gasteiger partial charge in [-0.15, -0.1) is 0 Å². The Morgan fingerprint density at radius 1 is 0.972 bits per heavy atom. The number of ether oxygens (including phenoxy) is 2. The molecule has 0 spiro atoms. The molecule has 1 unspecified atom stereocenters. The maximum atomic E-state index is 13.2. The summed E-state index contributed by atoms with van der Waals surface area (Å²) < 4.78 is 10.2. The highest BCUT2D eigenvalue weighted by atomic mass is 16.5. The number of rotatable bonds is 7. The molecule has 1 heterocycles. The molecule has 8 nitrogen and oxygen atoms in total. The van der Waals surface area contributed by atoms with E-state index in [4.69, 9.17) is 9.47 Å². The van der Waals surface area contributed by atoms with Crippen LogP contribution in [-0.2, 0) is 20.9 Å². The van der Waals surface area contributed by atoms with Crippen molar-refractivity contribution in [3.05, 3.63) is 101 Å². The summed E-state index contributed by atoms with van der Waals surface area (Å²) in [5.41, 5.74) is 1.75. The van der Waals surface area contributed by atoms with E-state index < -0.39 is 23.7 Å². The Morgan fingerprint density at radius 2 is 1.64 bits per heavy atom. The lowest BCUT2D eigenvalue weighted by Crippen LogP contribution is -2.29. The second-order valence-electron chi connectivity index (χ2n) is 8.17. The highest BCUT2D eigenvalue weighted by Gasteiger charge is 2.46. The van der Waals surface area contributed by atoms with Gasteiger partial charge in [0, 0.05) is 12.1 Å². The predicted octanol–water partition coefficient (Wildman–Crippen LogP) is 4.20. The average molecular weight is 488 g/mol. The lowest BCUT2D eigenvalue weighted by atomic mass is 9.95. The van der Waals surface area contributed by atoms with E-state index in [9.17, 15) is 24.6 Å². The molecule has 8 heteroatoms. The van der Waals surface area contributed by atoms with Crippen LogP contribution in [0.2, 0.25) is 0 Å². The zero-order valence-electron chi connectivity index (χ0n) is 19.8. The van der Waals surface area contributed by atoms with Gasteiger partial charge in [0.15, 0.2) is 0 Å². The molecule has 1 aliphatic heterocycles. The number of carbonyl (C=O) groups is 3. The van der Waals surface area contributed by atoms with Crippen LogP contribution in [0.15, 0.2) is 78.4 Å². The molecular formula is C28H25NO7. The summed E-state index contributed by atoms with van der Waals surface area (Å²) in [7, 11) is 1.29. The number of hydrogen-bond acceptors (Lipinski definition) is 7. The molecule has 0 radical (unpaired) electrons. The van der Waals surface area contributed by atoms with Crippen molar-refractivity contribution in [2.75, 3.05) is 13.7 Å². The molecule has 0 saturated carbocycles. The van der Waals surface area contributed by atoms with Crippen LogP contribution < -0.4 is 4.74 Å². The number of likely N-dealkylation sites (tertiary alicyclic amines) is 1. The van der Waals surface area contributed by atoms with Crippen LogP contribution in [0.3, 0.4) is 0 Å². The van der Waals surface area contributed by atoms with Gasteiger partial charge in [0.25, 0.3) is 11.7 Å². The number of carbonyl (C=O) groups excluding carboxylic acids is 3. The zero-order chi connectivity index (χ0) is 25.8. The first-order valence-electron chi connectivity index (χ1n) is 11.3. The van der Waals surface area contributed by atoms with Crippen molar-refractivity contribution in [2.45, 2.75) is 19.5 Å². The van der Waals surface area contributed by atoms with Gasteiger partial charge in [-0.1, -0.05) is 24.3 Å². The maximum Gasteiger partial charge on any atom is 0.337 e. The summed E-state index contributed by atoms with van der Waals surface area (Å²) in [5.74, 6) is -1.87. The van der Waals surface area contributed by atoms with Crippen LogP contribution in [-0.4, -0.2) is 46.5 Å². The normalized spacial score (nSPS) is 16.7. The Bertz CT molecular complexity index is 1330. The fraction of sp³-hybridized carbons (Fsp3) is 0.179. The molecule has 0 aromatic heterocycles. The molecule has 3 aromatic rings. The van der Waals surface area contributed by atoms with E-state index in [1.165, 1.54) is 24.1 Å². The van der Waals surface area contributed by atoms with Gasteiger partial charge in [0.2, 0.25) is 0 Å². The molecule has 184 valence electrons. The number of amides is 1. The lowest BCUT2D eigenvalue weighted by molar-refractivity contribution is -0.140. The van der Waals surface area contributed by atoms with Gasteiger partial charge in [-0.05, 0) is 66.6 Å². The minimum absolute atomic E-state index is 0.0341. The van der Waals surface area contributed by atoms with Gasteiger partial charge in [0.1, 0.15) is 17.3 Å². The number of phenols is 1.